The van der Waals surface area contributed by atoms with Crippen molar-refractivity contribution in [2.75, 3.05) is 38.0 Å². The van der Waals surface area contributed by atoms with Crippen LogP contribution in [0, 0.1) is 0 Å². The highest BCUT2D eigenvalue weighted by atomic mass is 32.2. The number of ketones is 1. The smallest absolute Gasteiger partial charge is 0.243 e. The van der Waals surface area contributed by atoms with Gasteiger partial charge in [0.1, 0.15) is 11.6 Å². The third-order valence-corrected chi connectivity index (χ3v) is 7.48. The lowest BCUT2D eigenvalue weighted by Gasteiger charge is -2.33. The topological polar surface area (TPSA) is 95.5 Å². The van der Waals surface area contributed by atoms with E-state index in [4.69, 9.17) is 0 Å². The number of piperazine rings is 1. The van der Waals surface area contributed by atoms with Crippen molar-refractivity contribution < 1.29 is 13.2 Å². The molecular weight excluding hydrogens is 402 g/mol. The zero-order valence-corrected chi connectivity index (χ0v) is 17.1. The monoisotopic (exact) mass is 423 g/mol. The van der Waals surface area contributed by atoms with Crippen molar-refractivity contribution in [3.8, 4) is 0 Å². The van der Waals surface area contributed by atoms with E-state index in [2.05, 4.69) is 20.2 Å². The van der Waals surface area contributed by atoms with Crippen molar-refractivity contribution in [2.45, 2.75) is 11.4 Å². The fourth-order valence-electron chi connectivity index (χ4n) is 3.99. The summed E-state index contributed by atoms with van der Waals surface area (Å²) in [6.07, 6.45) is 0. The Kier molecular flexibility index (Phi) is 4.73. The van der Waals surface area contributed by atoms with Gasteiger partial charge in [-0.05, 0) is 18.2 Å². The number of carbonyl (C=O) groups excluding carboxylic acids is 1. The molecule has 0 aliphatic carbocycles. The Morgan fingerprint density at radius 1 is 0.933 bits per heavy atom. The van der Waals surface area contributed by atoms with E-state index in [-0.39, 0.29) is 12.3 Å². The van der Waals surface area contributed by atoms with Gasteiger partial charge in [0.05, 0.1) is 28.9 Å². The van der Waals surface area contributed by atoms with Crippen LogP contribution in [-0.2, 0) is 16.6 Å². The molecule has 0 bridgehead atoms. The van der Waals surface area contributed by atoms with Crippen LogP contribution < -0.4 is 5.32 Å². The quantitative estimate of drug-likeness (QED) is 0.683. The van der Waals surface area contributed by atoms with Gasteiger partial charge >= 0.3 is 0 Å². The van der Waals surface area contributed by atoms with E-state index in [1.165, 1.54) is 4.31 Å². The van der Waals surface area contributed by atoms with Gasteiger partial charge in [-0.25, -0.2) is 18.4 Å². The van der Waals surface area contributed by atoms with Crippen molar-refractivity contribution >= 4 is 32.5 Å². The van der Waals surface area contributed by atoms with Crippen molar-refractivity contribution in [1.29, 1.82) is 0 Å². The first-order valence-corrected chi connectivity index (χ1v) is 11.3. The van der Waals surface area contributed by atoms with Gasteiger partial charge in [-0.3, -0.25) is 9.69 Å². The van der Waals surface area contributed by atoms with Crippen LogP contribution in [0.15, 0.2) is 53.4 Å². The molecule has 0 unspecified atom stereocenters. The van der Waals surface area contributed by atoms with Gasteiger partial charge in [-0.2, -0.15) is 4.31 Å². The summed E-state index contributed by atoms with van der Waals surface area (Å²) in [5, 5.41) is 3.87. The maximum absolute atomic E-state index is 12.8. The van der Waals surface area contributed by atoms with Gasteiger partial charge < -0.3 is 5.32 Å². The summed E-state index contributed by atoms with van der Waals surface area (Å²) in [5.41, 5.74) is 1.41. The molecule has 8 nitrogen and oxygen atoms in total. The first-order chi connectivity index (χ1) is 14.5. The minimum absolute atomic E-state index is 0.0418. The van der Waals surface area contributed by atoms with Crippen LogP contribution in [0.25, 0.3) is 10.9 Å². The average molecular weight is 423 g/mol. The Morgan fingerprint density at radius 2 is 1.70 bits per heavy atom. The molecule has 1 N–H and O–H groups in total. The fourth-order valence-corrected chi connectivity index (χ4v) is 5.43. The predicted molar refractivity (Wildman–Crippen MR) is 113 cm³/mol. The molecular formula is C21H21N5O3S. The molecule has 30 heavy (non-hydrogen) atoms. The number of carbonyl (C=O) groups is 1. The first-order valence-electron chi connectivity index (χ1n) is 9.87. The molecule has 0 spiro atoms. The predicted octanol–water partition coefficient (Wildman–Crippen LogP) is 1.74. The standard InChI is InChI=1S/C21H21N5O3S/c27-18-13-22-21-20-16(18)7-4-8-17(20)23-19(24-21)14-25-9-11-26(12-10-25)30(28,29)15-5-2-1-3-6-15/h1-8H,9-14H2,(H,22,23,24). The fraction of sp³-hybridized carbons (Fsp3) is 0.286. The van der Waals surface area contributed by atoms with Crippen LogP contribution in [0.4, 0.5) is 5.82 Å². The number of hydrogen-bond donors (Lipinski definition) is 1. The number of benzene rings is 2. The van der Waals surface area contributed by atoms with Crippen LogP contribution in [0.3, 0.4) is 0 Å². The Labute approximate surface area is 174 Å². The minimum atomic E-state index is -3.47. The van der Waals surface area contributed by atoms with Gasteiger partial charge in [0.15, 0.2) is 5.78 Å². The largest absolute Gasteiger partial charge is 0.362 e. The number of sulfonamides is 1. The highest BCUT2D eigenvalue weighted by Gasteiger charge is 2.29. The van der Waals surface area contributed by atoms with Crippen LogP contribution in [0.5, 0.6) is 0 Å². The summed E-state index contributed by atoms with van der Waals surface area (Å²) in [4.78, 5) is 23.9. The van der Waals surface area contributed by atoms with Gasteiger partial charge in [-0.15, -0.1) is 0 Å². The van der Waals surface area contributed by atoms with Gasteiger partial charge in [0, 0.05) is 31.7 Å². The minimum Gasteiger partial charge on any atom is -0.362 e. The number of nitrogens with zero attached hydrogens (tertiary/aromatic N) is 4. The Morgan fingerprint density at radius 3 is 2.47 bits per heavy atom. The van der Waals surface area contributed by atoms with Crippen LogP contribution >= 0.6 is 0 Å². The summed E-state index contributed by atoms with van der Waals surface area (Å²) >= 11 is 0. The second-order valence-corrected chi connectivity index (χ2v) is 9.40. The molecule has 3 heterocycles. The molecule has 0 radical (unpaired) electrons. The third-order valence-electron chi connectivity index (χ3n) is 5.56. The van der Waals surface area contributed by atoms with Crippen molar-refractivity contribution in [3.05, 3.63) is 59.9 Å². The second kappa shape index (κ2) is 7.42. The molecule has 154 valence electrons. The highest BCUT2D eigenvalue weighted by Crippen LogP contribution is 2.28. The highest BCUT2D eigenvalue weighted by molar-refractivity contribution is 7.89. The van der Waals surface area contributed by atoms with Gasteiger partial charge in [0.2, 0.25) is 10.0 Å². The summed E-state index contributed by atoms with van der Waals surface area (Å²) in [6.45, 7) is 2.83. The SMILES string of the molecule is O=C1CNc2nc(CN3CCN(S(=O)(=O)c4ccccc4)CC3)nc3cccc1c23. The molecule has 9 heteroatoms. The van der Waals surface area contributed by atoms with E-state index in [1.807, 2.05) is 24.3 Å². The lowest BCUT2D eigenvalue weighted by Crippen LogP contribution is -2.48. The van der Waals surface area contributed by atoms with Crippen molar-refractivity contribution in [3.63, 3.8) is 0 Å². The molecule has 0 saturated carbocycles. The summed E-state index contributed by atoms with van der Waals surface area (Å²) < 4.78 is 27.1. The summed E-state index contributed by atoms with van der Waals surface area (Å²) in [6, 6.07) is 14.1. The first kappa shape index (κ1) is 19.1. The van der Waals surface area contributed by atoms with Crippen LogP contribution in [0.2, 0.25) is 0 Å². The Hall–Kier alpha value is -2.88. The van der Waals surface area contributed by atoms with Crippen molar-refractivity contribution in [2.24, 2.45) is 0 Å². The van der Waals surface area contributed by atoms with Gasteiger partial charge in [-0.1, -0.05) is 30.3 Å². The van der Waals surface area contributed by atoms with E-state index >= 15 is 0 Å². The molecule has 2 aliphatic heterocycles. The third kappa shape index (κ3) is 3.34. The molecule has 2 aromatic carbocycles. The second-order valence-electron chi connectivity index (χ2n) is 7.46. The van der Waals surface area contributed by atoms with Crippen LogP contribution in [-0.4, -0.2) is 66.1 Å². The average Bonchev–Trinajstić information content (AvgIpc) is 2.77. The number of anilines is 1. The van der Waals surface area contributed by atoms with E-state index in [0.717, 1.165) is 10.9 Å². The number of rotatable bonds is 4. The van der Waals surface area contributed by atoms with E-state index in [9.17, 15) is 13.2 Å². The zero-order chi connectivity index (χ0) is 20.7. The molecule has 0 atom stereocenters. The zero-order valence-electron chi connectivity index (χ0n) is 16.3. The normalized spacial score (nSPS) is 17.8. The number of nitrogens with one attached hydrogen (secondary N) is 1. The maximum atomic E-state index is 12.8. The molecule has 3 aromatic rings. The van der Waals surface area contributed by atoms with E-state index in [1.54, 1.807) is 24.3 Å². The molecule has 2 aliphatic rings. The van der Waals surface area contributed by atoms with Crippen LogP contribution in [0.1, 0.15) is 16.2 Å². The summed E-state index contributed by atoms with van der Waals surface area (Å²) in [7, 11) is -3.47. The van der Waals surface area contributed by atoms with E-state index < -0.39 is 10.0 Å². The lowest BCUT2D eigenvalue weighted by molar-refractivity contribution is 0.101. The molecule has 0 amide bonds. The number of hydrogen-bond acceptors (Lipinski definition) is 7. The lowest BCUT2D eigenvalue weighted by atomic mass is 10.0. The number of Topliss-reactive ketones (excluding diaryl/α,β-unsaturated/α-hetero) is 1. The molecule has 1 saturated heterocycles. The molecule has 1 fully saturated rings. The number of aromatic nitrogens is 2. The van der Waals surface area contributed by atoms with E-state index in [0.29, 0.717) is 54.8 Å². The maximum Gasteiger partial charge on any atom is 0.243 e. The Bertz CT molecular complexity index is 1220. The summed E-state index contributed by atoms with van der Waals surface area (Å²) in [5.74, 6) is 1.39. The van der Waals surface area contributed by atoms with Crippen molar-refractivity contribution in [1.82, 2.24) is 19.2 Å². The Balaban J connectivity index is 1.32. The van der Waals surface area contributed by atoms with Gasteiger partial charge in [0.25, 0.3) is 0 Å². The molecule has 5 rings (SSSR count). The molecule has 1 aromatic heterocycles.